The van der Waals surface area contributed by atoms with Gasteiger partial charge in [0.25, 0.3) is 5.56 Å². The number of fused-ring (bicyclic) bond motifs is 3. The molecule has 0 saturated heterocycles. The molecular formula is C23H24N4O2S2. The molecule has 0 aliphatic rings. The van der Waals surface area contributed by atoms with Crippen molar-refractivity contribution in [1.29, 1.82) is 0 Å². The molecule has 3 aromatic heterocycles. The summed E-state index contributed by atoms with van der Waals surface area (Å²) in [6.07, 6.45) is 1.72. The molecule has 31 heavy (non-hydrogen) atoms. The maximum absolute atomic E-state index is 13.5. The molecule has 8 heteroatoms. The van der Waals surface area contributed by atoms with E-state index < -0.39 is 0 Å². The first-order valence-electron chi connectivity index (χ1n) is 10.2. The first kappa shape index (κ1) is 21.5. The zero-order valence-electron chi connectivity index (χ0n) is 17.7. The second-order valence-corrected chi connectivity index (χ2v) is 9.71. The van der Waals surface area contributed by atoms with Crippen molar-refractivity contribution in [1.82, 2.24) is 19.9 Å². The fourth-order valence-corrected chi connectivity index (χ4v) is 5.31. The van der Waals surface area contributed by atoms with Gasteiger partial charge in [0.1, 0.15) is 9.53 Å². The normalized spacial score (nSPS) is 12.5. The fourth-order valence-electron chi connectivity index (χ4n) is 3.47. The number of benzene rings is 1. The average molecular weight is 453 g/mol. The Labute approximate surface area is 188 Å². The van der Waals surface area contributed by atoms with Crippen molar-refractivity contribution in [3.8, 4) is 0 Å². The summed E-state index contributed by atoms with van der Waals surface area (Å²) in [6.45, 7) is 6.43. The predicted octanol–water partition coefficient (Wildman–Crippen LogP) is 4.43. The Bertz CT molecular complexity index is 1280. The van der Waals surface area contributed by atoms with Crippen LogP contribution in [0.2, 0.25) is 0 Å². The van der Waals surface area contributed by atoms with Crippen LogP contribution >= 0.6 is 23.1 Å². The molecule has 0 bridgehead atoms. The predicted molar refractivity (Wildman–Crippen MR) is 128 cm³/mol. The molecule has 0 fully saturated rings. The average Bonchev–Trinajstić information content (AvgIpc) is 3.13. The zero-order valence-corrected chi connectivity index (χ0v) is 19.3. The van der Waals surface area contributed by atoms with Crippen molar-refractivity contribution < 1.29 is 4.79 Å². The van der Waals surface area contributed by atoms with Crippen LogP contribution in [-0.2, 0) is 11.3 Å². The van der Waals surface area contributed by atoms with Gasteiger partial charge in [-0.1, -0.05) is 49.0 Å². The molecule has 0 aliphatic carbocycles. The van der Waals surface area contributed by atoms with E-state index in [0.29, 0.717) is 21.9 Å². The summed E-state index contributed by atoms with van der Waals surface area (Å²) in [4.78, 5) is 35.8. The number of aromatic nitrogens is 3. The summed E-state index contributed by atoms with van der Waals surface area (Å²) in [6, 6.07) is 14.0. The lowest BCUT2D eigenvalue weighted by Gasteiger charge is -2.17. The number of hydrogen-bond acceptors (Lipinski definition) is 6. The van der Waals surface area contributed by atoms with Gasteiger partial charge in [-0.3, -0.25) is 14.2 Å². The van der Waals surface area contributed by atoms with E-state index in [9.17, 15) is 9.59 Å². The molecule has 0 radical (unpaired) electrons. The van der Waals surface area contributed by atoms with E-state index in [2.05, 4.69) is 29.4 Å². The summed E-state index contributed by atoms with van der Waals surface area (Å²) >= 11 is 2.67. The van der Waals surface area contributed by atoms with E-state index in [1.165, 1.54) is 23.1 Å². The number of rotatable bonds is 7. The summed E-state index contributed by atoms with van der Waals surface area (Å²) < 4.78 is 2.31. The molecular weight excluding hydrogens is 428 g/mol. The zero-order chi connectivity index (χ0) is 22.0. The van der Waals surface area contributed by atoms with E-state index in [1.807, 2.05) is 44.2 Å². The lowest BCUT2D eigenvalue weighted by atomic mass is 10.0. The van der Waals surface area contributed by atoms with Gasteiger partial charge in [-0.2, -0.15) is 0 Å². The Balaban J connectivity index is 1.77. The molecule has 1 amide bonds. The lowest BCUT2D eigenvalue weighted by Crippen LogP contribution is -2.32. The van der Waals surface area contributed by atoms with Crippen molar-refractivity contribution in [3.05, 3.63) is 64.6 Å². The number of carbonyl (C=O) groups excluding carboxylic acids is 1. The highest BCUT2D eigenvalue weighted by atomic mass is 32.2. The number of carbonyl (C=O) groups is 1. The van der Waals surface area contributed by atoms with Crippen molar-refractivity contribution in [2.24, 2.45) is 0 Å². The van der Waals surface area contributed by atoms with Gasteiger partial charge in [0.05, 0.1) is 11.3 Å². The van der Waals surface area contributed by atoms with Crippen LogP contribution in [0.15, 0.2) is 58.6 Å². The Morgan fingerprint density at radius 3 is 2.68 bits per heavy atom. The molecule has 0 saturated carbocycles. The maximum Gasteiger partial charge on any atom is 0.272 e. The van der Waals surface area contributed by atoms with E-state index >= 15 is 0 Å². The molecule has 3 heterocycles. The summed E-state index contributed by atoms with van der Waals surface area (Å²) in [7, 11) is 0. The first-order valence-corrected chi connectivity index (χ1v) is 12.0. The number of nitrogens with zero attached hydrogens (tertiary/aromatic N) is 3. The Morgan fingerprint density at radius 2 is 1.94 bits per heavy atom. The van der Waals surface area contributed by atoms with Gasteiger partial charge < -0.3 is 5.32 Å². The van der Waals surface area contributed by atoms with Gasteiger partial charge >= 0.3 is 0 Å². The van der Waals surface area contributed by atoms with Gasteiger partial charge in [-0.15, -0.1) is 11.3 Å². The highest BCUT2D eigenvalue weighted by molar-refractivity contribution is 7.99. The molecule has 1 N–H and O–H groups in total. The van der Waals surface area contributed by atoms with Crippen LogP contribution in [0.4, 0.5) is 0 Å². The Morgan fingerprint density at radius 1 is 1.16 bits per heavy atom. The van der Waals surface area contributed by atoms with Crippen molar-refractivity contribution in [2.75, 3.05) is 5.75 Å². The fraction of sp³-hybridized carbons (Fsp3) is 0.304. The number of hydrogen-bond donors (Lipinski definition) is 1. The molecule has 0 unspecified atom stereocenters. The summed E-state index contributed by atoms with van der Waals surface area (Å²) in [5.74, 6) is 0.249. The molecule has 0 spiro atoms. The van der Waals surface area contributed by atoms with Crippen molar-refractivity contribution in [3.63, 3.8) is 0 Å². The highest BCUT2D eigenvalue weighted by Crippen LogP contribution is 2.31. The Kier molecular flexibility index (Phi) is 6.38. The standard InChI is InChI=1S/C23H24N4O2S2/c1-14(2)25-18(28)13-30-23-26-19-17-10-7-11-24-21(17)31-20(19)22(29)27(23)12-15(3)16-8-5-4-6-9-16/h4-11,14-15H,12-13H2,1-3H3,(H,25,28)/t15-/m1/s1. The number of amides is 1. The quantitative estimate of drug-likeness (QED) is 0.332. The third-order valence-corrected chi connectivity index (χ3v) is 6.99. The summed E-state index contributed by atoms with van der Waals surface area (Å²) in [5, 5.41) is 4.32. The van der Waals surface area contributed by atoms with Gasteiger partial charge in [-0.05, 0) is 37.5 Å². The number of nitrogens with one attached hydrogen (secondary N) is 1. The number of thioether (sulfide) groups is 1. The first-order chi connectivity index (χ1) is 14.9. The largest absolute Gasteiger partial charge is 0.353 e. The van der Waals surface area contributed by atoms with Crippen molar-refractivity contribution >= 4 is 49.4 Å². The Hall–Kier alpha value is -2.71. The van der Waals surface area contributed by atoms with E-state index in [0.717, 1.165) is 15.8 Å². The van der Waals surface area contributed by atoms with E-state index in [4.69, 9.17) is 4.98 Å². The van der Waals surface area contributed by atoms with Crippen LogP contribution in [-0.4, -0.2) is 32.2 Å². The minimum atomic E-state index is -0.0810. The molecule has 0 aliphatic heterocycles. The molecule has 4 rings (SSSR count). The topological polar surface area (TPSA) is 76.9 Å². The third kappa shape index (κ3) is 4.65. The minimum Gasteiger partial charge on any atom is -0.353 e. The van der Waals surface area contributed by atoms with Crippen LogP contribution in [0.1, 0.15) is 32.3 Å². The van der Waals surface area contributed by atoms with Crippen LogP contribution < -0.4 is 10.9 Å². The molecule has 1 atom stereocenters. The lowest BCUT2D eigenvalue weighted by molar-refractivity contribution is -0.119. The number of pyridine rings is 1. The second-order valence-electron chi connectivity index (χ2n) is 7.77. The van der Waals surface area contributed by atoms with Gasteiger partial charge in [0.2, 0.25) is 5.91 Å². The monoisotopic (exact) mass is 452 g/mol. The molecule has 1 aromatic carbocycles. The van der Waals surface area contributed by atoms with Crippen LogP contribution in [0, 0.1) is 0 Å². The third-order valence-electron chi connectivity index (χ3n) is 4.92. The van der Waals surface area contributed by atoms with Crippen molar-refractivity contribution in [2.45, 2.75) is 44.4 Å². The molecule has 4 aromatic rings. The van der Waals surface area contributed by atoms with Gasteiger partial charge in [0.15, 0.2) is 5.16 Å². The minimum absolute atomic E-state index is 0.0655. The second kappa shape index (κ2) is 9.20. The number of thiophene rings is 1. The van der Waals surface area contributed by atoms with E-state index in [-0.39, 0.29) is 29.2 Å². The summed E-state index contributed by atoms with van der Waals surface area (Å²) in [5.41, 5.74) is 1.73. The maximum atomic E-state index is 13.5. The van der Waals surface area contributed by atoms with Gasteiger partial charge in [-0.25, -0.2) is 9.97 Å². The highest BCUT2D eigenvalue weighted by Gasteiger charge is 2.19. The van der Waals surface area contributed by atoms with E-state index in [1.54, 1.807) is 10.8 Å². The van der Waals surface area contributed by atoms with Crippen LogP contribution in [0.3, 0.4) is 0 Å². The molecule has 160 valence electrons. The van der Waals surface area contributed by atoms with Gasteiger partial charge in [0, 0.05) is 24.2 Å². The smallest absolute Gasteiger partial charge is 0.272 e. The van der Waals surface area contributed by atoms with Crippen LogP contribution in [0.5, 0.6) is 0 Å². The van der Waals surface area contributed by atoms with Crippen LogP contribution in [0.25, 0.3) is 20.4 Å². The SMILES string of the molecule is CC(C)NC(=O)CSc1nc2c(sc3ncccc32)c(=O)n1C[C@@H](C)c1ccccc1. The molecule has 6 nitrogen and oxygen atoms in total.